The Balaban J connectivity index is 2.87. The Morgan fingerprint density at radius 2 is 2.12 bits per heavy atom. The third-order valence-corrected chi connectivity index (χ3v) is 3.22. The molecule has 0 fully saturated rings. The van der Waals surface area contributed by atoms with Crippen molar-refractivity contribution in [1.82, 2.24) is 9.78 Å². The maximum Gasteiger partial charge on any atom is 0.302 e. The van der Waals surface area contributed by atoms with Crippen LogP contribution in [0.4, 0.5) is 8.78 Å². The van der Waals surface area contributed by atoms with Crippen molar-refractivity contribution in [3.63, 3.8) is 0 Å². The molecule has 1 atom stereocenters. The Labute approximate surface area is 95.1 Å². The van der Waals surface area contributed by atoms with Crippen LogP contribution in [0.1, 0.15) is 11.4 Å². The number of sulfone groups is 1. The fourth-order valence-electron chi connectivity index (χ4n) is 1.15. The van der Waals surface area contributed by atoms with Crippen molar-refractivity contribution >= 4 is 19.1 Å². The highest BCUT2D eigenvalue weighted by molar-refractivity contribution is 7.90. The minimum atomic E-state index is -3.12. The van der Waals surface area contributed by atoms with Crippen LogP contribution >= 0.6 is 9.24 Å². The molecule has 0 bridgehead atoms. The molecule has 1 heterocycles. The molecule has 0 aliphatic carbocycles. The molecule has 0 N–H and O–H groups in total. The van der Waals surface area contributed by atoms with Crippen molar-refractivity contribution in [2.24, 2.45) is 0 Å². The van der Waals surface area contributed by atoms with E-state index in [2.05, 4.69) is 5.10 Å². The largest absolute Gasteiger partial charge is 0.302 e. The summed E-state index contributed by atoms with van der Waals surface area (Å²) >= 11 is 0. The van der Waals surface area contributed by atoms with Crippen molar-refractivity contribution in [3.8, 4) is 0 Å². The summed E-state index contributed by atoms with van der Waals surface area (Å²) < 4.78 is 48.9. The summed E-state index contributed by atoms with van der Waals surface area (Å²) in [5.41, 5.74) is -2.94. The van der Waals surface area contributed by atoms with Crippen LogP contribution in [0.15, 0.2) is 6.07 Å². The number of halogens is 2. The van der Waals surface area contributed by atoms with E-state index in [-0.39, 0.29) is 18.0 Å². The Morgan fingerprint density at radius 3 is 2.50 bits per heavy atom. The minimum Gasteiger partial charge on any atom is -0.268 e. The highest BCUT2D eigenvalue weighted by Crippen LogP contribution is 2.33. The first-order valence-corrected chi connectivity index (χ1v) is 7.13. The summed E-state index contributed by atoms with van der Waals surface area (Å²) in [5, 5.41) is 3.67. The maximum absolute atomic E-state index is 12.9. The van der Waals surface area contributed by atoms with Gasteiger partial charge in [-0.15, -0.1) is 0 Å². The zero-order valence-corrected chi connectivity index (χ0v) is 10.9. The monoisotopic (exact) mass is 270 g/mol. The first-order valence-electron chi connectivity index (χ1n) is 4.49. The summed E-state index contributed by atoms with van der Waals surface area (Å²) in [6.45, 7) is 1.70. The van der Waals surface area contributed by atoms with Crippen LogP contribution in [-0.4, -0.2) is 30.2 Å². The Morgan fingerprint density at radius 1 is 1.56 bits per heavy atom. The van der Waals surface area contributed by atoms with Crippen molar-refractivity contribution < 1.29 is 17.2 Å². The predicted molar refractivity (Wildman–Crippen MR) is 60.3 cm³/mol. The Kier molecular flexibility index (Phi) is 3.69. The van der Waals surface area contributed by atoms with E-state index in [0.717, 1.165) is 6.26 Å². The fraction of sp³-hybridized carbons (Fsp3) is 0.625. The fourth-order valence-corrected chi connectivity index (χ4v) is 1.80. The van der Waals surface area contributed by atoms with Gasteiger partial charge in [0, 0.05) is 11.9 Å². The first kappa shape index (κ1) is 13.5. The molecule has 1 aromatic heterocycles. The molecule has 0 amide bonds. The molecule has 92 valence electrons. The molecule has 1 rings (SSSR count). The standard InChI is InChI=1S/C8H13F2N2O2PS/c1-6-5-7(8(9,10)15)11-12(6)3-4-16(2,13)14/h5H,3-4,15H2,1-2H3. The molecular formula is C8H13F2N2O2PS. The molecule has 1 aromatic rings. The first-order chi connectivity index (χ1) is 7.09. The summed E-state index contributed by atoms with van der Waals surface area (Å²) in [5.74, 6) is -0.114. The van der Waals surface area contributed by atoms with Gasteiger partial charge in [-0.1, -0.05) is 9.24 Å². The van der Waals surface area contributed by atoms with E-state index in [4.69, 9.17) is 0 Å². The lowest BCUT2D eigenvalue weighted by molar-refractivity contribution is 0.0977. The van der Waals surface area contributed by atoms with Crippen LogP contribution in [0.2, 0.25) is 0 Å². The molecule has 0 radical (unpaired) electrons. The van der Waals surface area contributed by atoms with E-state index in [9.17, 15) is 17.2 Å². The van der Waals surface area contributed by atoms with Crippen LogP contribution in [0.5, 0.6) is 0 Å². The number of aromatic nitrogens is 2. The lowest BCUT2D eigenvalue weighted by Crippen LogP contribution is -2.14. The van der Waals surface area contributed by atoms with Gasteiger partial charge in [-0.3, -0.25) is 4.68 Å². The molecular weight excluding hydrogens is 257 g/mol. The zero-order chi connectivity index (χ0) is 12.6. The molecule has 0 aliphatic heterocycles. The smallest absolute Gasteiger partial charge is 0.268 e. The molecule has 0 saturated carbocycles. The summed E-state index contributed by atoms with van der Waals surface area (Å²) in [4.78, 5) is 0. The average Bonchev–Trinajstić information content (AvgIpc) is 2.41. The lowest BCUT2D eigenvalue weighted by Gasteiger charge is -2.05. The van der Waals surface area contributed by atoms with Crippen molar-refractivity contribution in [2.45, 2.75) is 19.1 Å². The third-order valence-electron chi connectivity index (χ3n) is 2.00. The number of nitrogens with zero attached hydrogens (tertiary/aromatic N) is 2. The topological polar surface area (TPSA) is 52.0 Å². The van der Waals surface area contributed by atoms with Crippen molar-refractivity contribution in [1.29, 1.82) is 0 Å². The van der Waals surface area contributed by atoms with Gasteiger partial charge in [0.2, 0.25) is 0 Å². The predicted octanol–water partition coefficient (Wildman–Crippen LogP) is 1.16. The minimum absolute atomic E-state index is 0.0887. The summed E-state index contributed by atoms with van der Waals surface area (Å²) in [6, 6.07) is 1.25. The van der Waals surface area contributed by atoms with Crippen LogP contribution in [-0.2, 0) is 22.0 Å². The Bertz CT molecular complexity index is 479. The van der Waals surface area contributed by atoms with E-state index in [1.807, 2.05) is 0 Å². The molecule has 0 aromatic carbocycles. The quantitative estimate of drug-likeness (QED) is 0.771. The molecule has 1 unspecified atom stereocenters. The maximum atomic E-state index is 12.9. The molecule has 0 saturated heterocycles. The number of hydrogen-bond acceptors (Lipinski definition) is 3. The number of aryl methyl sites for hydroxylation is 2. The van der Waals surface area contributed by atoms with Crippen molar-refractivity contribution in [3.05, 3.63) is 17.5 Å². The van der Waals surface area contributed by atoms with Gasteiger partial charge in [0.05, 0.1) is 12.3 Å². The van der Waals surface area contributed by atoms with Gasteiger partial charge in [-0.2, -0.15) is 13.9 Å². The van der Waals surface area contributed by atoms with E-state index < -0.39 is 15.5 Å². The lowest BCUT2D eigenvalue weighted by atomic mass is 10.4. The summed E-state index contributed by atoms with van der Waals surface area (Å²) in [6.07, 6.45) is 1.09. The number of hydrogen-bond donors (Lipinski definition) is 0. The second kappa shape index (κ2) is 4.37. The van der Waals surface area contributed by atoms with Gasteiger partial charge in [0.15, 0.2) is 0 Å². The van der Waals surface area contributed by atoms with Gasteiger partial charge in [-0.05, 0) is 13.0 Å². The van der Waals surface area contributed by atoms with Gasteiger partial charge in [0.25, 0.3) is 0 Å². The second-order valence-electron chi connectivity index (χ2n) is 3.65. The third kappa shape index (κ3) is 3.79. The van der Waals surface area contributed by atoms with Crippen LogP contribution in [0.25, 0.3) is 0 Å². The molecule has 0 aliphatic rings. The second-order valence-corrected chi connectivity index (χ2v) is 6.63. The van der Waals surface area contributed by atoms with Gasteiger partial charge in [-0.25, -0.2) is 8.42 Å². The molecule has 0 spiro atoms. The normalized spacial score (nSPS) is 13.1. The van der Waals surface area contributed by atoms with Gasteiger partial charge >= 0.3 is 5.66 Å². The molecule has 4 nitrogen and oxygen atoms in total. The highest BCUT2D eigenvalue weighted by atomic mass is 32.2. The SMILES string of the molecule is Cc1cc(C(F)(F)P)nn1CCS(C)(=O)=O. The summed E-state index contributed by atoms with van der Waals surface area (Å²) in [7, 11) is -1.72. The molecule has 8 heteroatoms. The van der Waals surface area contributed by atoms with Gasteiger partial charge < -0.3 is 0 Å². The van der Waals surface area contributed by atoms with Gasteiger partial charge in [0.1, 0.15) is 15.5 Å². The van der Waals surface area contributed by atoms with E-state index in [1.165, 1.54) is 20.0 Å². The van der Waals surface area contributed by atoms with E-state index >= 15 is 0 Å². The average molecular weight is 270 g/mol. The Hall–Kier alpha value is -0.550. The van der Waals surface area contributed by atoms with E-state index in [0.29, 0.717) is 5.69 Å². The molecule has 16 heavy (non-hydrogen) atoms. The zero-order valence-electron chi connectivity index (χ0n) is 8.94. The van der Waals surface area contributed by atoms with Crippen LogP contribution in [0.3, 0.4) is 0 Å². The number of rotatable bonds is 4. The van der Waals surface area contributed by atoms with Crippen molar-refractivity contribution in [2.75, 3.05) is 12.0 Å². The van der Waals surface area contributed by atoms with Crippen LogP contribution < -0.4 is 0 Å². The van der Waals surface area contributed by atoms with E-state index in [1.54, 1.807) is 6.92 Å². The van der Waals surface area contributed by atoms with Crippen LogP contribution in [0, 0.1) is 6.92 Å². The highest BCUT2D eigenvalue weighted by Gasteiger charge is 2.28. The number of alkyl halides is 2.